The Morgan fingerprint density at radius 1 is 0.538 bits per heavy atom. The smallest absolute Gasteiger partial charge is 0.407 e. The summed E-state index contributed by atoms with van der Waals surface area (Å²) in [7, 11) is 1.26. The minimum Gasteiger partial charge on any atom is -0.507 e. The molecule has 690 valence electrons. The minimum atomic E-state index is -2.52. The summed E-state index contributed by atoms with van der Waals surface area (Å²) in [5, 5.41) is 80.4. The van der Waals surface area contributed by atoms with Crippen LogP contribution in [0.5, 0.6) is 17.2 Å². The average molecular weight is 1800 g/mol. The Morgan fingerprint density at radius 3 is 1.61 bits per heavy atom. The third-order valence-corrected chi connectivity index (χ3v) is 21.8. The first-order valence-corrected chi connectivity index (χ1v) is 42.0. The van der Waals surface area contributed by atoms with Crippen molar-refractivity contribution in [2.45, 2.75) is 198 Å². The highest BCUT2D eigenvalue weighted by atomic mass is 16.7. The highest BCUT2D eigenvalue weighted by Crippen LogP contribution is 2.55. The van der Waals surface area contributed by atoms with Crippen LogP contribution in [0.4, 0.5) is 15.3 Å². The average Bonchev–Trinajstić information content (AvgIpc) is 0.699. The van der Waals surface area contributed by atoms with E-state index in [9.17, 15) is 97.5 Å². The van der Waals surface area contributed by atoms with Crippen molar-refractivity contribution in [1.82, 2.24) is 42.5 Å². The third kappa shape index (κ3) is 26.8. The van der Waals surface area contributed by atoms with Gasteiger partial charge in [-0.05, 0) is 91.5 Å². The second-order valence-electron chi connectivity index (χ2n) is 32.0. The molecule has 37 heteroatoms. The van der Waals surface area contributed by atoms with Gasteiger partial charge in [-0.2, -0.15) is 0 Å². The minimum absolute atomic E-state index is 0.0173. The Hall–Kier alpha value is -14.0. The van der Waals surface area contributed by atoms with Crippen LogP contribution >= 0.6 is 0 Å². The van der Waals surface area contributed by atoms with Crippen LogP contribution in [0, 0.1) is 5.92 Å². The predicted molar refractivity (Wildman–Crippen MR) is 459 cm³/mol. The standard InChI is InChI=1S/C93H105N9O28/c1-52(2)79(102-86(116)64(37-38-71(107)124-46-55-22-11-7-12-23-55)99-88(118)66(40-72(108)125-47-56-24-13-8-14-25-56)98-70(106)44-95-85(115)63(96-54(4)104)31-19-20-39-94-90(120)127-49-58-28-17-10-18-29-58)89(119)100-67(41-73(109)126-48-57-26-15-9-16-27-57)87(117)97-60-35-33-59(34-36-60)50-128-91(121)101-65-42-74(129-53(3)80(65)110)130-92(5)51-93(122,69(105)45-103)43-62-78(92)84(114)77-76(82(62)112)81(111)61-30-21-32-68(123-6)75(61)83(77)113/h7-18,21-30,32-36,52-53,63-67,74,79-80,103,110,112,114,122H,19-20,31,37-51H2,1-6H3,(H,94,120)(H,95,115)(H,96,104)(H,97,117)(H,98,106)(H,99,118)(H,100,119)(H,101,121)(H,102,116)/t53-,63-,64-,65-,66-,67-,74-,79-,80+,92-,93-/m0/s1. The molecule has 130 heavy (non-hydrogen) atoms. The highest BCUT2D eigenvalue weighted by Gasteiger charge is 2.56. The molecule has 0 aromatic heterocycles. The zero-order chi connectivity index (χ0) is 93.9. The van der Waals surface area contributed by atoms with E-state index in [0.29, 0.717) is 35.1 Å². The normalized spacial score (nSPS) is 18.3. The predicted octanol–water partition coefficient (Wildman–Crippen LogP) is 5.19. The summed E-state index contributed by atoms with van der Waals surface area (Å²) in [5.74, 6) is -15.1. The number of benzene rings is 7. The Morgan fingerprint density at radius 2 is 1.05 bits per heavy atom. The van der Waals surface area contributed by atoms with Crippen LogP contribution < -0.4 is 52.6 Å². The first kappa shape index (κ1) is 98.2. The van der Waals surface area contributed by atoms with E-state index in [-0.39, 0.29) is 79.5 Å². The Balaban J connectivity index is 0.804. The summed E-state index contributed by atoms with van der Waals surface area (Å²) in [5.41, 5.74) is -4.04. The number of ketones is 3. The van der Waals surface area contributed by atoms with Crippen molar-refractivity contribution < 1.29 is 135 Å². The van der Waals surface area contributed by atoms with Crippen LogP contribution in [0.1, 0.15) is 163 Å². The largest absolute Gasteiger partial charge is 0.507 e. The maximum atomic E-state index is 14.9. The molecule has 1 fully saturated rings. The number of aliphatic hydroxyl groups is 3. The SMILES string of the molecule is COc1cccc2c1C(=O)c1c(O)c3c(c(O)c1C2=O)C[C@@](O)(C(=O)CO)C[C@]3(C)O[C@H]1C[C@H](NC(=O)OCc2ccc(NC(=O)[C@H](CC(=O)OCc3ccccc3)NC(=O)[C@@H](NC(=O)[C@H](CCC(=O)OCc3ccccc3)NC(=O)[C@H](CC(=O)OCc3ccccc3)NC(=O)CNC(=O)[C@H](CCCCNC(=O)OCc3ccccc3)NC(C)=O)C(C)C)cc2)[C@H](O)[C@H](C)O1. The number of nitrogens with one attached hydrogen (secondary N) is 9. The van der Waals surface area contributed by atoms with Crippen molar-refractivity contribution in [3.63, 3.8) is 0 Å². The number of unbranched alkanes of at least 4 members (excludes halogenated alkanes) is 1. The zero-order valence-corrected chi connectivity index (χ0v) is 72.2. The van der Waals surface area contributed by atoms with Crippen LogP contribution in [0.2, 0.25) is 0 Å². The molecule has 0 spiro atoms. The summed E-state index contributed by atoms with van der Waals surface area (Å²) in [6.07, 6.45) is -9.77. The van der Waals surface area contributed by atoms with Gasteiger partial charge in [-0.15, -0.1) is 0 Å². The van der Waals surface area contributed by atoms with E-state index in [0.717, 1.165) is 5.56 Å². The summed E-state index contributed by atoms with van der Waals surface area (Å²) in [6.45, 7) is 3.97. The number of amides is 9. The van der Waals surface area contributed by atoms with Gasteiger partial charge in [-0.1, -0.05) is 159 Å². The van der Waals surface area contributed by atoms with E-state index in [1.807, 2.05) is 6.07 Å². The number of alkyl carbamates (subject to hydrolysis) is 2. The monoisotopic (exact) mass is 1800 g/mol. The lowest BCUT2D eigenvalue weighted by Crippen LogP contribution is -2.59. The van der Waals surface area contributed by atoms with Crippen LogP contribution in [0.3, 0.4) is 0 Å². The molecular weight excluding hydrogens is 1690 g/mol. The fourth-order valence-corrected chi connectivity index (χ4v) is 15.1. The Bertz CT molecular complexity index is 5260. The fraction of sp³-hybridized carbons (Fsp3) is 0.387. The number of hydrogen-bond acceptors (Lipinski definition) is 28. The number of esters is 3. The van der Waals surface area contributed by atoms with E-state index in [1.54, 1.807) is 115 Å². The molecule has 1 saturated heterocycles. The number of rotatable bonds is 42. The van der Waals surface area contributed by atoms with E-state index in [4.69, 9.17) is 37.9 Å². The van der Waals surface area contributed by atoms with Gasteiger partial charge in [0.05, 0.1) is 55.3 Å². The van der Waals surface area contributed by atoms with Crippen LogP contribution in [-0.2, 0) is 131 Å². The lowest BCUT2D eigenvalue weighted by molar-refractivity contribution is -0.275. The molecule has 9 amide bonds. The third-order valence-electron chi connectivity index (χ3n) is 21.8. The van der Waals surface area contributed by atoms with Crippen LogP contribution in [0.15, 0.2) is 164 Å². The molecule has 7 aromatic rings. The maximum Gasteiger partial charge on any atom is 0.407 e. The number of carbonyl (C=O) groups excluding carboxylic acids is 15. The first-order chi connectivity index (χ1) is 62.1. The molecule has 0 unspecified atom stereocenters. The van der Waals surface area contributed by atoms with Crippen LogP contribution in [-0.4, -0.2) is 201 Å². The van der Waals surface area contributed by atoms with Crippen molar-refractivity contribution in [3.8, 4) is 17.2 Å². The van der Waals surface area contributed by atoms with Crippen LogP contribution in [0.25, 0.3) is 0 Å². The Labute approximate surface area is 747 Å². The van der Waals surface area contributed by atoms with Gasteiger partial charge in [0.15, 0.2) is 17.9 Å². The fourth-order valence-electron chi connectivity index (χ4n) is 15.1. The number of phenolic OH excluding ortho intramolecular Hbond substituents is 2. The molecular formula is C93H105N9O28. The van der Waals surface area contributed by atoms with Gasteiger partial charge >= 0.3 is 30.1 Å². The van der Waals surface area contributed by atoms with Gasteiger partial charge in [0.1, 0.15) is 104 Å². The lowest BCUT2D eigenvalue weighted by Gasteiger charge is -2.47. The molecule has 7 aromatic carbocycles. The number of Topliss-reactive ketones (excluding diaryl/α,β-unsaturated/α-hetero) is 1. The second-order valence-corrected chi connectivity index (χ2v) is 32.0. The molecule has 0 saturated carbocycles. The number of phenols is 2. The van der Waals surface area contributed by atoms with E-state index < -0.39 is 242 Å². The summed E-state index contributed by atoms with van der Waals surface area (Å²) in [4.78, 5) is 208. The molecule has 2 aliphatic carbocycles. The van der Waals surface area contributed by atoms with E-state index >= 15 is 0 Å². The van der Waals surface area contributed by atoms with E-state index in [2.05, 4.69) is 47.9 Å². The highest BCUT2D eigenvalue weighted by molar-refractivity contribution is 6.31. The molecule has 10 rings (SSSR count). The lowest BCUT2D eigenvalue weighted by atomic mass is 9.67. The molecule has 37 nitrogen and oxygen atoms in total. The zero-order valence-electron chi connectivity index (χ0n) is 72.2. The molecule has 1 heterocycles. The summed E-state index contributed by atoms with van der Waals surface area (Å²) >= 11 is 0. The number of methoxy groups -OCH3 is 1. The summed E-state index contributed by atoms with van der Waals surface area (Å²) in [6, 6.07) is 34.9. The molecule has 1 aliphatic heterocycles. The number of hydrogen-bond donors (Lipinski definition) is 14. The number of aliphatic hydroxyl groups excluding tert-OH is 2. The number of ether oxygens (including phenoxy) is 8. The van der Waals surface area contributed by atoms with Gasteiger partial charge in [-0.25, -0.2) is 9.59 Å². The van der Waals surface area contributed by atoms with Gasteiger partial charge in [0, 0.05) is 61.5 Å². The van der Waals surface area contributed by atoms with Gasteiger partial charge in [0.25, 0.3) is 0 Å². The number of aromatic hydroxyl groups is 2. The molecule has 11 atom stereocenters. The molecule has 3 aliphatic rings. The van der Waals surface area contributed by atoms with Crippen molar-refractivity contribution in [3.05, 3.63) is 225 Å². The van der Waals surface area contributed by atoms with Crippen molar-refractivity contribution in [2.24, 2.45) is 5.92 Å². The Kier molecular flexibility index (Phi) is 34.8. The van der Waals surface area contributed by atoms with Crippen molar-refractivity contribution >= 4 is 94.5 Å². The van der Waals surface area contributed by atoms with Gasteiger partial charge in [-0.3, -0.25) is 62.3 Å². The quantitative estimate of drug-likeness (QED) is 0.0101. The summed E-state index contributed by atoms with van der Waals surface area (Å²) < 4.78 is 45.2. The number of carbonyl (C=O) groups is 15. The number of anilines is 1. The molecule has 0 bridgehead atoms. The maximum absolute atomic E-state index is 14.9. The topological polar surface area (TPSA) is 539 Å². The first-order valence-electron chi connectivity index (χ1n) is 42.0. The van der Waals surface area contributed by atoms with Gasteiger partial charge in [0.2, 0.25) is 47.1 Å². The second kappa shape index (κ2) is 46.1. The number of fused-ring (bicyclic) bond motifs is 3. The van der Waals surface area contributed by atoms with Crippen molar-refractivity contribution in [2.75, 3.05) is 32.1 Å². The van der Waals surface area contributed by atoms with Gasteiger partial charge < -0.3 is 111 Å². The molecule has 14 N–H and O–H groups in total. The van der Waals surface area contributed by atoms with E-state index in [1.165, 1.54) is 84.2 Å². The van der Waals surface area contributed by atoms with Crippen molar-refractivity contribution in [1.29, 1.82) is 0 Å². The molecule has 0 radical (unpaired) electrons.